The standard InChI is InChI=1S/C12H18N4O/c1-17-9-4-7-16(8-5-9)10-3-2-6-15-11(10)12(13)14/h2-3,6,9H,4-5,7-8H2,1H3,(H3,13,14). The number of pyridine rings is 1. The molecule has 5 heteroatoms. The molecule has 92 valence electrons. The quantitative estimate of drug-likeness (QED) is 0.604. The van der Waals surface area contributed by atoms with Crippen molar-refractivity contribution in [3.63, 3.8) is 0 Å². The Morgan fingerprint density at radius 1 is 1.53 bits per heavy atom. The van der Waals surface area contributed by atoms with E-state index in [4.69, 9.17) is 15.9 Å². The molecular formula is C12H18N4O. The third-order valence-electron chi connectivity index (χ3n) is 3.16. The van der Waals surface area contributed by atoms with Crippen molar-refractivity contribution in [2.24, 2.45) is 5.73 Å². The van der Waals surface area contributed by atoms with Gasteiger partial charge in [0.2, 0.25) is 0 Å². The van der Waals surface area contributed by atoms with Crippen LogP contribution < -0.4 is 10.6 Å². The van der Waals surface area contributed by atoms with Crippen LogP contribution in [0.1, 0.15) is 18.5 Å². The summed E-state index contributed by atoms with van der Waals surface area (Å²) in [4.78, 5) is 6.39. The average Bonchev–Trinajstić information content (AvgIpc) is 2.39. The maximum atomic E-state index is 7.53. The maximum absolute atomic E-state index is 7.53. The number of anilines is 1. The number of nitrogens with two attached hydrogens (primary N) is 1. The molecule has 1 aromatic heterocycles. The van der Waals surface area contributed by atoms with Crippen molar-refractivity contribution in [2.45, 2.75) is 18.9 Å². The van der Waals surface area contributed by atoms with Gasteiger partial charge in [-0.1, -0.05) is 0 Å². The molecule has 17 heavy (non-hydrogen) atoms. The van der Waals surface area contributed by atoms with E-state index in [2.05, 4.69) is 9.88 Å². The lowest BCUT2D eigenvalue weighted by Crippen LogP contribution is -2.38. The lowest BCUT2D eigenvalue weighted by molar-refractivity contribution is 0.0819. The summed E-state index contributed by atoms with van der Waals surface area (Å²) in [5, 5.41) is 7.53. The minimum absolute atomic E-state index is 0.0227. The Balaban J connectivity index is 2.15. The van der Waals surface area contributed by atoms with Crippen LogP contribution in [0.4, 0.5) is 5.69 Å². The highest BCUT2D eigenvalue weighted by atomic mass is 16.5. The van der Waals surface area contributed by atoms with Gasteiger partial charge < -0.3 is 15.4 Å². The van der Waals surface area contributed by atoms with Crippen molar-refractivity contribution < 1.29 is 4.74 Å². The Kier molecular flexibility index (Phi) is 3.58. The SMILES string of the molecule is COC1CCN(c2cccnc2C(=N)N)CC1. The third kappa shape index (κ3) is 2.55. The fourth-order valence-electron chi connectivity index (χ4n) is 2.19. The van der Waals surface area contributed by atoms with Gasteiger partial charge in [0, 0.05) is 26.4 Å². The molecule has 5 nitrogen and oxygen atoms in total. The second-order valence-electron chi connectivity index (χ2n) is 4.21. The molecule has 1 aromatic rings. The van der Waals surface area contributed by atoms with Crippen molar-refractivity contribution in [3.05, 3.63) is 24.0 Å². The van der Waals surface area contributed by atoms with Crippen molar-refractivity contribution >= 4 is 11.5 Å². The van der Waals surface area contributed by atoms with Crippen molar-refractivity contribution in [1.82, 2.24) is 4.98 Å². The number of nitrogens with one attached hydrogen (secondary N) is 1. The van der Waals surface area contributed by atoms with Crippen LogP contribution in [0.3, 0.4) is 0 Å². The number of aromatic nitrogens is 1. The molecule has 1 aliphatic rings. The minimum Gasteiger partial charge on any atom is -0.382 e. The summed E-state index contributed by atoms with van der Waals surface area (Å²) in [5.41, 5.74) is 7.07. The van der Waals surface area contributed by atoms with Gasteiger partial charge in [-0.15, -0.1) is 0 Å². The Hall–Kier alpha value is -1.62. The number of methoxy groups -OCH3 is 1. The van der Waals surface area contributed by atoms with Crippen LogP contribution in [0.15, 0.2) is 18.3 Å². The summed E-state index contributed by atoms with van der Waals surface area (Å²) in [7, 11) is 1.76. The summed E-state index contributed by atoms with van der Waals surface area (Å²) >= 11 is 0. The minimum atomic E-state index is 0.0227. The number of ether oxygens (including phenoxy) is 1. The van der Waals surface area contributed by atoms with Crippen LogP contribution in [-0.4, -0.2) is 37.1 Å². The molecule has 0 aliphatic carbocycles. The van der Waals surface area contributed by atoms with E-state index in [0.717, 1.165) is 31.6 Å². The number of amidine groups is 1. The molecule has 2 rings (SSSR count). The molecular weight excluding hydrogens is 216 g/mol. The fraction of sp³-hybridized carbons (Fsp3) is 0.500. The molecule has 3 N–H and O–H groups in total. The second kappa shape index (κ2) is 5.14. The highest BCUT2D eigenvalue weighted by Gasteiger charge is 2.21. The molecule has 2 heterocycles. The summed E-state index contributed by atoms with van der Waals surface area (Å²) in [6.45, 7) is 1.84. The molecule has 0 unspecified atom stereocenters. The molecule has 1 aliphatic heterocycles. The topological polar surface area (TPSA) is 75.2 Å². The van der Waals surface area contributed by atoms with Gasteiger partial charge >= 0.3 is 0 Å². The zero-order valence-electron chi connectivity index (χ0n) is 10.0. The summed E-state index contributed by atoms with van der Waals surface area (Å²) in [6, 6.07) is 3.85. The predicted molar refractivity (Wildman–Crippen MR) is 67.5 cm³/mol. The molecule has 0 spiro atoms. The Morgan fingerprint density at radius 3 is 2.82 bits per heavy atom. The molecule has 0 aromatic carbocycles. The van der Waals surface area contributed by atoms with E-state index in [-0.39, 0.29) is 5.84 Å². The summed E-state index contributed by atoms with van der Waals surface area (Å²) in [5.74, 6) is 0.0227. The second-order valence-corrected chi connectivity index (χ2v) is 4.21. The van der Waals surface area contributed by atoms with Crippen molar-refractivity contribution in [2.75, 3.05) is 25.1 Å². The van der Waals surface area contributed by atoms with E-state index in [1.807, 2.05) is 12.1 Å². The van der Waals surface area contributed by atoms with Gasteiger partial charge in [0.1, 0.15) is 11.5 Å². The van der Waals surface area contributed by atoms with E-state index < -0.39 is 0 Å². The Morgan fingerprint density at radius 2 is 2.24 bits per heavy atom. The first kappa shape index (κ1) is 11.9. The molecule has 0 atom stereocenters. The van der Waals surface area contributed by atoms with Crippen LogP contribution in [-0.2, 0) is 4.74 Å². The van der Waals surface area contributed by atoms with Crippen LogP contribution >= 0.6 is 0 Å². The number of hydrogen-bond acceptors (Lipinski definition) is 4. The Bertz CT molecular complexity index is 399. The highest BCUT2D eigenvalue weighted by Crippen LogP contribution is 2.23. The average molecular weight is 234 g/mol. The molecule has 0 bridgehead atoms. The predicted octanol–water partition coefficient (Wildman–Crippen LogP) is 0.981. The Labute approximate surface area is 101 Å². The molecule has 0 amide bonds. The maximum Gasteiger partial charge on any atom is 0.143 e. The smallest absolute Gasteiger partial charge is 0.143 e. The highest BCUT2D eigenvalue weighted by molar-refractivity contribution is 5.98. The zero-order chi connectivity index (χ0) is 12.3. The number of piperidine rings is 1. The number of nitrogen functional groups attached to an aromatic ring is 1. The van der Waals surface area contributed by atoms with E-state index in [1.165, 1.54) is 0 Å². The van der Waals surface area contributed by atoms with E-state index in [0.29, 0.717) is 11.8 Å². The van der Waals surface area contributed by atoms with E-state index in [1.54, 1.807) is 13.3 Å². The molecule has 1 fully saturated rings. The fourth-order valence-corrected chi connectivity index (χ4v) is 2.19. The molecule has 0 saturated carbocycles. The normalized spacial score (nSPS) is 17.1. The van der Waals surface area contributed by atoms with Crippen LogP contribution in [0.2, 0.25) is 0 Å². The van der Waals surface area contributed by atoms with E-state index in [9.17, 15) is 0 Å². The van der Waals surface area contributed by atoms with E-state index >= 15 is 0 Å². The third-order valence-corrected chi connectivity index (χ3v) is 3.16. The number of rotatable bonds is 3. The summed E-state index contributed by atoms with van der Waals surface area (Å²) in [6.07, 6.45) is 4.02. The van der Waals surface area contributed by atoms with Gasteiger partial charge in [0.15, 0.2) is 0 Å². The lowest BCUT2D eigenvalue weighted by Gasteiger charge is -2.33. The van der Waals surface area contributed by atoms with Gasteiger partial charge in [-0.25, -0.2) is 0 Å². The van der Waals surface area contributed by atoms with Gasteiger partial charge in [-0.2, -0.15) is 0 Å². The summed E-state index contributed by atoms with van der Waals surface area (Å²) < 4.78 is 5.34. The van der Waals surface area contributed by atoms with Crippen molar-refractivity contribution in [3.8, 4) is 0 Å². The largest absolute Gasteiger partial charge is 0.382 e. The van der Waals surface area contributed by atoms with Crippen LogP contribution in [0.5, 0.6) is 0 Å². The van der Waals surface area contributed by atoms with Gasteiger partial charge in [-0.3, -0.25) is 10.4 Å². The van der Waals surface area contributed by atoms with Crippen LogP contribution in [0, 0.1) is 5.41 Å². The molecule has 0 radical (unpaired) electrons. The number of nitrogens with zero attached hydrogens (tertiary/aromatic N) is 2. The zero-order valence-corrected chi connectivity index (χ0v) is 10.0. The molecule has 1 saturated heterocycles. The van der Waals surface area contributed by atoms with Crippen LogP contribution in [0.25, 0.3) is 0 Å². The monoisotopic (exact) mass is 234 g/mol. The van der Waals surface area contributed by atoms with Gasteiger partial charge in [-0.05, 0) is 25.0 Å². The lowest BCUT2D eigenvalue weighted by atomic mass is 10.1. The van der Waals surface area contributed by atoms with Gasteiger partial charge in [0.25, 0.3) is 0 Å². The van der Waals surface area contributed by atoms with Gasteiger partial charge in [0.05, 0.1) is 11.8 Å². The first-order valence-corrected chi connectivity index (χ1v) is 5.79. The number of hydrogen-bond donors (Lipinski definition) is 2. The first-order valence-electron chi connectivity index (χ1n) is 5.79. The van der Waals surface area contributed by atoms with Crippen molar-refractivity contribution in [1.29, 1.82) is 5.41 Å². The first-order chi connectivity index (χ1) is 8.22.